The van der Waals surface area contributed by atoms with Gasteiger partial charge in [0, 0.05) is 0 Å². The summed E-state index contributed by atoms with van der Waals surface area (Å²) in [6.07, 6.45) is 25.3. The highest BCUT2D eigenvalue weighted by Crippen LogP contribution is 2.23. The molecule has 0 saturated carbocycles. The maximum atomic E-state index is 11.0. The third kappa shape index (κ3) is 11.7. The molecule has 1 N–H and O–H groups in total. The molecule has 2 rings (SSSR count). The molecule has 0 fully saturated rings. The van der Waals surface area contributed by atoms with E-state index < -0.39 is 5.97 Å². The van der Waals surface area contributed by atoms with Gasteiger partial charge in [-0.3, -0.25) is 0 Å². The van der Waals surface area contributed by atoms with Gasteiger partial charge in [-0.05, 0) is 73.9 Å². The molecule has 3 nitrogen and oxygen atoms in total. The lowest BCUT2D eigenvalue weighted by molar-refractivity contribution is 0.0697. The summed E-state index contributed by atoms with van der Waals surface area (Å²) in [6, 6.07) is 14.9. The quantitative estimate of drug-likeness (QED) is 0.189. The van der Waals surface area contributed by atoms with E-state index in [-0.39, 0.29) is 0 Å². The molecule has 0 unspecified atom stereocenters. The Kier molecular flexibility index (Phi) is 13.9. The van der Waals surface area contributed by atoms with Crippen LogP contribution in [0.3, 0.4) is 0 Å². The number of aromatic carboxylic acids is 1. The van der Waals surface area contributed by atoms with Gasteiger partial charge in [0.05, 0.1) is 12.2 Å². The fourth-order valence-corrected chi connectivity index (χ4v) is 3.64. The SMILES string of the molecule is CC/C=C\C/C=C\C/C=C\CCCCCCCCOc1ccc(-c2ccc(C(=O)O)cc2)cc1. The molecule has 0 aromatic heterocycles. The summed E-state index contributed by atoms with van der Waals surface area (Å²) in [5.41, 5.74) is 2.35. The Bertz CT molecular complexity index is 889. The van der Waals surface area contributed by atoms with Crippen LogP contribution in [0.5, 0.6) is 5.75 Å². The number of carbonyl (C=O) groups is 1. The Balaban J connectivity index is 1.47. The van der Waals surface area contributed by atoms with E-state index in [9.17, 15) is 4.79 Å². The minimum Gasteiger partial charge on any atom is -0.494 e. The third-order valence-corrected chi connectivity index (χ3v) is 5.63. The first-order chi connectivity index (χ1) is 16.7. The second-order valence-electron chi connectivity index (χ2n) is 8.46. The second-order valence-corrected chi connectivity index (χ2v) is 8.46. The molecule has 0 spiro atoms. The molecule has 0 amide bonds. The zero-order chi connectivity index (χ0) is 24.3. The van der Waals surface area contributed by atoms with Gasteiger partial charge in [-0.15, -0.1) is 0 Å². The van der Waals surface area contributed by atoms with Crippen LogP contribution in [0.2, 0.25) is 0 Å². The number of hydrogen-bond acceptors (Lipinski definition) is 2. The van der Waals surface area contributed by atoms with Gasteiger partial charge in [0.15, 0.2) is 0 Å². The van der Waals surface area contributed by atoms with Gasteiger partial charge in [0.1, 0.15) is 5.75 Å². The Hall–Kier alpha value is -3.07. The van der Waals surface area contributed by atoms with E-state index in [1.807, 2.05) is 36.4 Å². The predicted molar refractivity (Wildman–Crippen MR) is 144 cm³/mol. The summed E-state index contributed by atoms with van der Waals surface area (Å²) in [6.45, 7) is 2.91. The molecular weight excluding hydrogens is 420 g/mol. The molecule has 0 heterocycles. The normalized spacial score (nSPS) is 11.7. The van der Waals surface area contributed by atoms with Crippen molar-refractivity contribution in [2.75, 3.05) is 6.61 Å². The summed E-state index contributed by atoms with van der Waals surface area (Å²) in [5, 5.41) is 9.00. The third-order valence-electron chi connectivity index (χ3n) is 5.63. The smallest absolute Gasteiger partial charge is 0.335 e. The summed E-state index contributed by atoms with van der Waals surface area (Å²) >= 11 is 0. The number of ether oxygens (including phenoxy) is 1. The molecular formula is C31H40O3. The van der Waals surface area contributed by atoms with Crippen molar-refractivity contribution in [2.24, 2.45) is 0 Å². The second kappa shape index (κ2) is 17.4. The van der Waals surface area contributed by atoms with E-state index in [1.165, 1.54) is 38.5 Å². The van der Waals surface area contributed by atoms with Crippen molar-refractivity contribution in [3.05, 3.63) is 90.6 Å². The van der Waals surface area contributed by atoms with Crippen molar-refractivity contribution in [1.82, 2.24) is 0 Å². The number of hydrogen-bond donors (Lipinski definition) is 1. The van der Waals surface area contributed by atoms with Crippen LogP contribution in [0.25, 0.3) is 11.1 Å². The van der Waals surface area contributed by atoms with Crippen molar-refractivity contribution < 1.29 is 14.6 Å². The van der Waals surface area contributed by atoms with Gasteiger partial charge in [-0.25, -0.2) is 4.79 Å². The highest BCUT2D eigenvalue weighted by Gasteiger charge is 2.03. The van der Waals surface area contributed by atoms with Gasteiger partial charge >= 0.3 is 5.97 Å². The molecule has 2 aromatic rings. The maximum Gasteiger partial charge on any atom is 0.335 e. The Morgan fingerprint density at radius 1 is 0.706 bits per heavy atom. The summed E-state index contributed by atoms with van der Waals surface area (Å²) in [7, 11) is 0. The molecule has 34 heavy (non-hydrogen) atoms. The minimum absolute atomic E-state index is 0.301. The molecule has 0 bridgehead atoms. The van der Waals surface area contributed by atoms with E-state index in [4.69, 9.17) is 9.84 Å². The van der Waals surface area contributed by atoms with Crippen LogP contribution in [0.15, 0.2) is 85.0 Å². The predicted octanol–water partition coefficient (Wildman–Crippen LogP) is 9.02. The Morgan fingerprint density at radius 3 is 1.85 bits per heavy atom. The number of carboxylic acid groups (broad SMARTS) is 1. The zero-order valence-electron chi connectivity index (χ0n) is 20.6. The largest absolute Gasteiger partial charge is 0.494 e. The average Bonchev–Trinajstić information content (AvgIpc) is 2.86. The summed E-state index contributed by atoms with van der Waals surface area (Å²) in [4.78, 5) is 11.0. The topological polar surface area (TPSA) is 46.5 Å². The highest BCUT2D eigenvalue weighted by atomic mass is 16.5. The van der Waals surface area contributed by atoms with E-state index >= 15 is 0 Å². The van der Waals surface area contributed by atoms with Crippen molar-refractivity contribution in [2.45, 2.75) is 71.1 Å². The molecule has 0 atom stereocenters. The first-order valence-electron chi connectivity index (χ1n) is 12.7. The monoisotopic (exact) mass is 460 g/mol. The maximum absolute atomic E-state index is 11.0. The molecule has 2 aromatic carbocycles. The first kappa shape index (κ1) is 27.2. The molecule has 3 heteroatoms. The molecule has 0 aliphatic carbocycles. The van der Waals surface area contributed by atoms with E-state index in [1.54, 1.807) is 12.1 Å². The summed E-state index contributed by atoms with van der Waals surface area (Å²) < 4.78 is 5.87. The van der Waals surface area contributed by atoms with Gasteiger partial charge in [-0.1, -0.05) is 93.3 Å². The number of rotatable bonds is 17. The number of carboxylic acids is 1. The lowest BCUT2D eigenvalue weighted by Crippen LogP contribution is -1.97. The molecule has 182 valence electrons. The van der Waals surface area contributed by atoms with E-state index in [0.29, 0.717) is 5.56 Å². The van der Waals surface area contributed by atoms with Crippen LogP contribution in [-0.4, -0.2) is 17.7 Å². The van der Waals surface area contributed by atoms with Crippen LogP contribution in [-0.2, 0) is 0 Å². The van der Waals surface area contributed by atoms with Gasteiger partial charge < -0.3 is 9.84 Å². The van der Waals surface area contributed by atoms with Crippen molar-refractivity contribution >= 4 is 5.97 Å². The molecule has 0 aliphatic rings. The van der Waals surface area contributed by atoms with Crippen LogP contribution in [0.4, 0.5) is 0 Å². The molecule has 0 saturated heterocycles. The van der Waals surface area contributed by atoms with Crippen LogP contribution < -0.4 is 4.74 Å². The number of allylic oxidation sites excluding steroid dienone is 6. The van der Waals surface area contributed by atoms with E-state index in [2.05, 4.69) is 43.4 Å². The zero-order valence-corrected chi connectivity index (χ0v) is 20.6. The number of benzene rings is 2. The average molecular weight is 461 g/mol. The van der Waals surface area contributed by atoms with E-state index in [0.717, 1.165) is 49.2 Å². The standard InChI is InChI=1S/C31H40O3/c1-2-3-4-5-6-7-8-9-10-11-12-13-14-15-16-17-26-34-30-24-22-28(23-25-30)27-18-20-29(21-19-27)31(32)33/h3-4,6-7,9-10,18-25H,2,5,8,11-17,26H2,1H3,(H,32,33)/b4-3-,7-6-,10-9-. The van der Waals surface area contributed by atoms with Crippen molar-refractivity contribution in [1.29, 1.82) is 0 Å². The lowest BCUT2D eigenvalue weighted by Gasteiger charge is -2.08. The van der Waals surface area contributed by atoms with Gasteiger partial charge in [0.2, 0.25) is 0 Å². The fraction of sp³-hybridized carbons (Fsp3) is 0.387. The number of unbranched alkanes of at least 4 members (excludes halogenated alkanes) is 6. The Morgan fingerprint density at radius 2 is 1.24 bits per heavy atom. The Labute approximate surface area is 205 Å². The lowest BCUT2D eigenvalue weighted by atomic mass is 10.0. The summed E-state index contributed by atoms with van der Waals surface area (Å²) in [5.74, 6) is -0.0253. The van der Waals surface area contributed by atoms with Crippen molar-refractivity contribution in [3.63, 3.8) is 0 Å². The fourth-order valence-electron chi connectivity index (χ4n) is 3.64. The molecule has 0 radical (unpaired) electrons. The van der Waals surface area contributed by atoms with Gasteiger partial charge in [0.25, 0.3) is 0 Å². The first-order valence-corrected chi connectivity index (χ1v) is 12.7. The van der Waals surface area contributed by atoms with Crippen LogP contribution in [0, 0.1) is 0 Å². The van der Waals surface area contributed by atoms with Crippen LogP contribution in [0.1, 0.15) is 81.5 Å². The van der Waals surface area contributed by atoms with Crippen molar-refractivity contribution in [3.8, 4) is 16.9 Å². The highest BCUT2D eigenvalue weighted by molar-refractivity contribution is 5.88. The van der Waals surface area contributed by atoms with Crippen LogP contribution >= 0.6 is 0 Å². The van der Waals surface area contributed by atoms with Gasteiger partial charge in [-0.2, -0.15) is 0 Å². The molecule has 0 aliphatic heterocycles. The minimum atomic E-state index is -0.905.